The van der Waals surface area contributed by atoms with E-state index in [-0.39, 0.29) is 17.7 Å². The molecule has 33 heavy (non-hydrogen) atoms. The lowest BCUT2D eigenvalue weighted by Crippen LogP contribution is -2.51. The van der Waals surface area contributed by atoms with E-state index < -0.39 is 0 Å². The van der Waals surface area contributed by atoms with Crippen LogP contribution in [0, 0.1) is 0 Å². The molecule has 7 nitrogen and oxygen atoms in total. The first-order valence-electron chi connectivity index (χ1n) is 11.7. The molecule has 1 aromatic carbocycles. The molecule has 2 aliphatic heterocycles. The van der Waals surface area contributed by atoms with Crippen LogP contribution in [0.1, 0.15) is 58.9 Å². The van der Waals surface area contributed by atoms with Crippen molar-refractivity contribution < 1.29 is 14.4 Å². The number of piperazine rings is 1. The van der Waals surface area contributed by atoms with Gasteiger partial charge in [0.1, 0.15) is 5.00 Å². The van der Waals surface area contributed by atoms with Gasteiger partial charge in [-0.1, -0.05) is 26.0 Å². The van der Waals surface area contributed by atoms with Crippen molar-refractivity contribution in [1.29, 1.82) is 0 Å². The van der Waals surface area contributed by atoms with Crippen LogP contribution in [-0.4, -0.2) is 78.2 Å². The number of carbonyl (C=O) groups is 3. The summed E-state index contributed by atoms with van der Waals surface area (Å²) in [5, 5.41) is 5.32. The third-order valence-corrected chi connectivity index (χ3v) is 7.27. The van der Waals surface area contributed by atoms with Gasteiger partial charge in [0, 0.05) is 44.8 Å². The molecule has 3 amide bonds. The van der Waals surface area contributed by atoms with Crippen LogP contribution in [0.25, 0.3) is 0 Å². The van der Waals surface area contributed by atoms with Crippen molar-refractivity contribution in [2.24, 2.45) is 0 Å². The molecule has 0 unspecified atom stereocenters. The van der Waals surface area contributed by atoms with Crippen LogP contribution in [0.2, 0.25) is 0 Å². The Labute approximate surface area is 199 Å². The summed E-state index contributed by atoms with van der Waals surface area (Å²) in [5.41, 5.74) is 2.27. The zero-order valence-electron chi connectivity index (χ0n) is 19.4. The van der Waals surface area contributed by atoms with E-state index >= 15 is 0 Å². The summed E-state index contributed by atoms with van der Waals surface area (Å²) >= 11 is 1.36. The Balaban J connectivity index is 1.32. The summed E-state index contributed by atoms with van der Waals surface area (Å²) in [6, 6.07) is 9.35. The van der Waals surface area contributed by atoms with Gasteiger partial charge in [0.25, 0.3) is 11.8 Å². The first-order valence-corrected chi connectivity index (χ1v) is 12.6. The Morgan fingerprint density at radius 1 is 0.909 bits per heavy atom. The van der Waals surface area contributed by atoms with Crippen molar-refractivity contribution >= 4 is 34.1 Å². The molecule has 2 aromatic rings. The second kappa shape index (κ2) is 10.5. The number of amides is 3. The minimum absolute atomic E-state index is 0.0766. The summed E-state index contributed by atoms with van der Waals surface area (Å²) in [4.78, 5) is 44.1. The van der Waals surface area contributed by atoms with E-state index in [1.807, 2.05) is 39.4 Å². The topological polar surface area (TPSA) is 73.0 Å². The summed E-state index contributed by atoms with van der Waals surface area (Å²) in [6.45, 7) is 8.90. The molecule has 2 aliphatic rings. The van der Waals surface area contributed by atoms with Crippen LogP contribution in [0.4, 0.5) is 5.00 Å². The molecule has 176 valence electrons. The molecule has 2 saturated heterocycles. The molecule has 0 spiro atoms. The number of hydrogen-bond acceptors (Lipinski definition) is 5. The molecular weight excluding hydrogens is 436 g/mol. The molecule has 4 rings (SSSR count). The average molecular weight is 469 g/mol. The van der Waals surface area contributed by atoms with Crippen LogP contribution in [-0.2, 0) is 4.79 Å². The van der Waals surface area contributed by atoms with E-state index in [0.717, 1.165) is 25.9 Å². The number of anilines is 1. The largest absolute Gasteiger partial charge is 0.342 e. The van der Waals surface area contributed by atoms with Crippen molar-refractivity contribution in [2.45, 2.75) is 32.6 Å². The molecular formula is C25H32N4O3S. The lowest BCUT2D eigenvalue weighted by atomic mass is 10.0. The molecule has 0 radical (unpaired) electrons. The van der Waals surface area contributed by atoms with Gasteiger partial charge in [-0.05, 0) is 47.9 Å². The maximum absolute atomic E-state index is 13.1. The molecule has 1 N–H and O–H groups in total. The fourth-order valence-corrected chi connectivity index (χ4v) is 5.08. The van der Waals surface area contributed by atoms with Crippen molar-refractivity contribution in [3.05, 3.63) is 52.4 Å². The van der Waals surface area contributed by atoms with E-state index in [4.69, 9.17) is 0 Å². The number of hydrogen-bond donors (Lipinski definition) is 1. The van der Waals surface area contributed by atoms with Gasteiger partial charge in [-0.2, -0.15) is 0 Å². The maximum Gasteiger partial charge on any atom is 0.256 e. The second-order valence-electron chi connectivity index (χ2n) is 9.05. The molecule has 0 atom stereocenters. The van der Waals surface area contributed by atoms with Gasteiger partial charge in [-0.15, -0.1) is 11.3 Å². The van der Waals surface area contributed by atoms with Gasteiger partial charge in [0.15, 0.2) is 0 Å². The van der Waals surface area contributed by atoms with Gasteiger partial charge in [-0.25, -0.2) is 0 Å². The number of nitrogens with one attached hydrogen (secondary N) is 1. The monoisotopic (exact) mass is 468 g/mol. The Morgan fingerprint density at radius 3 is 2.21 bits per heavy atom. The lowest BCUT2D eigenvalue weighted by molar-refractivity contribution is -0.131. The molecule has 1 aromatic heterocycles. The Bertz CT molecular complexity index is 987. The summed E-state index contributed by atoms with van der Waals surface area (Å²) < 4.78 is 0. The van der Waals surface area contributed by atoms with Gasteiger partial charge in [0.2, 0.25) is 5.91 Å². The van der Waals surface area contributed by atoms with Crippen molar-refractivity contribution in [2.75, 3.05) is 51.1 Å². The minimum atomic E-state index is -0.216. The standard InChI is InChI=1S/C25H32N4O3S/c1-18(2)19-5-7-20(8-6-19)23(31)26-24-21(9-16-33-24)25(32)29-14-12-27(13-15-29)17-22(30)28-10-3-4-11-28/h5-9,16,18H,3-4,10-15,17H2,1-2H3,(H,26,31). The molecule has 2 fully saturated rings. The van der Waals surface area contributed by atoms with Gasteiger partial charge < -0.3 is 15.1 Å². The molecule has 0 bridgehead atoms. The molecule has 8 heteroatoms. The second-order valence-corrected chi connectivity index (χ2v) is 9.97. The highest BCUT2D eigenvalue weighted by atomic mass is 32.1. The zero-order chi connectivity index (χ0) is 23.4. The number of thiophene rings is 1. The lowest BCUT2D eigenvalue weighted by Gasteiger charge is -2.35. The first kappa shape index (κ1) is 23.4. The van der Waals surface area contributed by atoms with Crippen LogP contribution in [0.3, 0.4) is 0 Å². The third-order valence-electron chi connectivity index (χ3n) is 6.44. The zero-order valence-corrected chi connectivity index (χ0v) is 20.2. The highest BCUT2D eigenvalue weighted by Crippen LogP contribution is 2.26. The van der Waals surface area contributed by atoms with Gasteiger partial charge in [-0.3, -0.25) is 19.3 Å². The maximum atomic E-state index is 13.1. The van der Waals surface area contributed by atoms with Crippen LogP contribution >= 0.6 is 11.3 Å². The fourth-order valence-electron chi connectivity index (χ4n) is 4.31. The van der Waals surface area contributed by atoms with Gasteiger partial charge >= 0.3 is 0 Å². The predicted octanol–water partition coefficient (Wildman–Crippen LogP) is 3.50. The summed E-state index contributed by atoms with van der Waals surface area (Å²) in [5.74, 6) is 0.304. The van der Waals surface area contributed by atoms with Crippen LogP contribution < -0.4 is 5.32 Å². The van der Waals surface area contributed by atoms with Crippen molar-refractivity contribution in [3.63, 3.8) is 0 Å². The Hall–Kier alpha value is -2.71. The minimum Gasteiger partial charge on any atom is -0.342 e. The number of benzene rings is 1. The van der Waals surface area contributed by atoms with E-state index in [9.17, 15) is 14.4 Å². The number of rotatable bonds is 6. The Kier molecular flexibility index (Phi) is 7.45. The van der Waals surface area contributed by atoms with Crippen LogP contribution in [0.15, 0.2) is 35.7 Å². The van der Waals surface area contributed by atoms with Crippen molar-refractivity contribution in [3.8, 4) is 0 Å². The molecule has 0 saturated carbocycles. The highest BCUT2D eigenvalue weighted by Gasteiger charge is 2.27. The summed E-state index contributed by atoms with van der Waals surface area (Å²) in [6.07, 6.45) is 2.19. The smallest absolute Gasteiger partial charge is 0.256 e. The third kappa shape index (κ3) is 5.62. The predicted molar refractivity (Wildman–Crippen MR) is 131 cm³/mol. The van der Waals surface area contributed by atoms with E-state index in [1.165, 1.54) is 16.9 Å². The van der Waals surface area contributed by atoms with E-state index in [1.54, 1.807) is 6.07 Å². The SMILES string of the molecule is CC(C)c1ccc(C(=O)Nc2sccc2C(=O)N2CCN(CC(=O)N3CCCC3)CC2)cc1. The highest BCUT2D eigenvalue weighted by molar-refractivity contribution is 7.14. The van der Waals surface area contributed by atoms with Gasteiger partial charge in [0.05, 0.1) is 12.1 Å². The van der Waals surface area contributed by atoms with Crippen LogP contribution in [0.5, 0.6) is 0 Å². The number of likely N-dealkylation sites (tertiary alicyclic amines) is 1. The number of carbonyl (C=O) groups excluding carboxylic acids is 3. The normalized spacial score (nSPS) is 16.9. The Morgan fingerprint density at radius 2 is 1.58 bits per heavy atom. The number of nitrogens with zero attached hydrogens (tertiary/aromatic N) is 3. The van der Waals surface area contributed by atoms with E-state index in [2.05, 4.69) is 24.1 Å². The van der Waals surface area contributed by atoms with E-state index in [0.29, 0.717) is 54.8 Å². The quantitative estimate of drug-likeness (QED) is 0.704. The molecule has 3 heterocycles. The van der Waals surface area contributed by atoms with Crippen molar-refractivity contribution in [1.82, 2.24) is 14.7 Å². The average Bonchev–Trinajstić information content (AvgIpc) is 3.52. The fraction of sp³-hybridized carbons (Fsp3) is 0.480. The first-order chi connectivity index (χ1) is 15.9. The molecule has 0 aliphatic carbocycles. The summed E-state index contributed by atoms with van der Waals surface area (Å²) in [7, 11) is 0.